The number of carbonyl (C=O) groups excluding carboxylic acids is 2. The molecule has 0 unspecified atom stereocenters. The Morgan fingerprint density at radius 2 is 1.68 bits per heavy atom. The lowest BCUT2D eigenvalue weighted by molar-refractivity contribution is -0.137. The monoisotopic (exact) mass is 576 g/mol. The van der Waals surface area contributed by atoms with Gasteiger partial charge in [-0.1, -0.05) is 58.4 Å². The predicted molar refractivity (Wildman–Crippen MR) is 147 cm³/mol. The number of amides is 1. The number of benzene rings is 3. The number of rotatable bonds is 9. The van der Waals surface area contributed by atoms with Gasteiger partial charge in [0.1, 0.15) is 5.69 Å². The molecule has 8 nitrogen and oxygen atoms in total. The number of pyridine rings is 1. The average molecular weight is 577 g/mol. The summed E-state index contributed by atoms with van der Waals surface area (Å²) < 4.78 is 7.30. The Hall–Kier alpha value is -4.24. The molecule has 0 aliphatic heterocycles. The largest absolute Gasteiger partial charge is 0.481 e. The Balaban J connectivity index is 1.76. The lowest BCUT2D eigenvalue weighted by Crippen LogP contribution is -2.28. The second-order valence-corrected chi connectivity index (χ2v) is 9.53. The number of halogens is 1. The molecule has 194 valence electrons. The summed E-state index contributed by atoms with van der Waals surface area (Å²) in [5.41, 5.74) is 2.25. The molecule has 1 amide bonds. The Morgan fingerprint density at radius 1 is 0.974 bits per heavy atom. The molecule has 0 atom stereocenters. The van der Waals surface area contributed by atoms with Crippen LogP contribution in [0.5, 0.6) is 0 Å². The SMILES string of the molecule is COC(=O)c1c(-c2ccccc2)c2cc(Br)ccc2c(=O)n1Cc1ccc(C(=O)NCCCC(=O)O)cc1. The fourth-order valence-corrected chi connectivity index (χ4v) is 4.62. The van der Waals surface area contributed by atoms with E-state index >= 15 is 0 Å². The van der Waals surface area contributed by atoms with Gasteiger partial charge in [-0.15, -0.1) is 0 Å². The molecular formula is C29H25BrN2O6. The number of nitrogens with zero attached hydrogens (tertiary/aromatic N) is 1. The topological polar surface area (TPSA) is 115 Å². The Bertz CT molecular complexity index is 1560. The molecule has 38 heavy (non-hydrogen) atoms. The summed E-state index contributed by atoms with van der Waals surface area (Å²) >= 11 is 3.48. The highest BCUT2D eigenvalue weighted by Crippen LogP contribution is 2.33. The summed E-state index contributed by atoms with van der Waals surface area (Å²) in [4.78, 5) is 49.8. The molecule has 4 aromatic rings. The molecule has 0 saturated heterocycles. The summed E-state index contributed by atoms with van der Waals surface area (Å²) in [6.45, 7) is 0.329. The zero-order valence-electron chi connectivity index (χ0n) is 20.6. The first-order valence-corrected chi connectivity index (χ1v) is 12.7. The van der Waals surface area contributed by atoms with Crippen LogP contribution in [0.3, 0.4) is 0 Å². The summed E-state index contributed by atoms with van der Waals surface area (Å²) in [5.74, 6) is -1.88. The van der Waals surface area contributed by atoms with Crippen LogP contribution in [0, 0.1) is 0 Å². The van der Waals surface area contributed by atoms with Crippen molar-refractivity contribution in [3.8, 4) is 11.1 Å². The molecule has 0 fully saturated rings. The van der Waals surface area contributed by atoms with E-state index < -0.39 is 11.9 Å². The van der Waals surface area contributed by atoms with Crippen molar-refractivity contribution >= 4 is 44.5 Å². The Morgan fingerprint density at radius 3 is 2.34 bits per heavy atom. The van der Waals surface area contributed by atoms with Gasteiger partial charge in [0.05, 0.1) is 13.7 Å². The maximum absolute atomic E-state index is 13.7. The standard InChI is InChI=1S/C29H25BrN2O6/c1-38-29(37)26-25(19-6-3-2-4-7-19)23-16-21(30)13-14-22(23)28(36)32(26)17-18-9-11-20(12-10-18)27(35)31-15-5-8-24(33)34/h2-4,6-7,9-14,16H,5,8,15,17H2,1H3,(H,31,35)(H,33,34). The number of methoxy groups -OCH3 is 1. The van der Waals surface area contributed by atoms with Gasteiger partial charge >= 0.3 is 11.9 Å². The van der Waals surface area contributed by atoms with E-state index in [0.29, 0.717) is 33.9 Å². The molecule has 1 aromatic heterocycles. The molecule has 0 radical (unpaired) electrons. The van der Waals surface area contributed by atoms with Crippen LogP contribution < -0.4 is 10.9 Å². The van der Waals surface area contributed by atoms with Crippen LogP contribution in [0.1, 0.15) is 39.3 Å². The van der Waals surface area contributed by atoms with Gasteiger partial charge in [0.2, 0.25) is 0 Å². The van der Waals surface area contributed by atoms with Crippen molar-refractivity contribution in [3.05, 3.63) is 104 Å². The van der Waals surface area contributed by atoms with Crippen molar-refractivity contribution in [1.29, 1.82) is 0 Å². The van der Waals surface area contributed by atoms with E-state index in [4.69, 9.17) is 9.84 Å². The van der Waals surface area contributed by atoms with Crippen LogP contribution in [0.15, 0.2) is 82.1 Å². The van der Waals surface area contributed by atoms with Crippen LogP contribution in [0.4, 0.5) is 0 Å². The van der Waals surface area contributed by atoms with E-state index in [1.54, 1.807) is 36.4 Å². The first-order valence-electron chi connectivity index (χ1n) is 11.9. The van der Waals surface area contributed by atoms with Crippen LogP contribution in [0.25, 0.3) is 21.9 Å². The summed E-state index contributed by atoms with van der Waals surface area (Å²) in [5, 5.41) is 12.5. The number of aromatic nitrogens is 1. The number of hydrogen-bond acceptors (Lipinski definition) is 5. The van der Waals surface area contributed by atoms with Gasteiger partial charge in [0.25, 0.3) is 11.5 Å². The van der Waals surface area contributed by atoms with E-state index in [0.717, 1.165) is 10.0 Å². The molecule has 0 aliphatic rings. The Labute approximate surface area is 227 Å². The van der Waals surface area contributed by atoms with Crippen molar-refractivity contribution in [2.75, 3.05) is 13.7 Å². The van der Waals surface area contributed by atoms with E-state index in [2.05, 4.69) is 21.2 Å². The third-order valence-corrected chi connectivity index (χ3v) is 6.58. The van der Waals surface area contributed by atoms with Crippen molar-refractivity contribution in [3.63, 3.8) is 0 Å². The number of nitrogens with one attached hydrogen (secondary N) is 1. The van der Waals surface area contributed by atoms with Crippen LogP contribution in [-0.4, -0.2) is 41.2 Å². The maximum atomic E-state index is 13.7. The zero-order chi connectivity index (χ0) is 27.2. The third kappa shape index (κ3) is 5.84. The number of ether oxygens (including phenoxy) is 1. The number of esters is 1. The minimum Gasteiger partial charge on any atom is -0.481 e. The van der Waals surface area contributed by atoms with Gasteiger partial charge in [-0.2, -0.15) is 0 Å². The predicted octanol–water partition coefficient (Wildman–Crippen LogP) is 4.86. The average Bonchev–Trinajstić information content (AvgIpc) is 2.92. The molecule has 0 saturated carbocycles. The summed E-state index contributed by atoms with van der Waals surface area (Å²) in [6, 6.07) is 21.4. The highest BCUT2D eigenvalue weighted by Gasteiger charge is 2.24. The van der Waals surface area contributed by atoms with E-state index in [-0.39, 0.29) is 36.7 Å². The number of aliphatic carboxylic acids is 1. The fourth-order valence-electron chi connectivity index (χ4n) is 4.26. The smallest absolute Gasteiger partial charge is 0.355 e. The van der Waals surface area contributed by atoms with Crippen molar-refractivity contribution in [1.82, 2.24) is 9.88 Å². The number of carboxylic acids is 1. The second-order valence-electron chi connectivity index (χ2n) is 8.61. The minimum atomic E-state index is -0.915. The lowest BCUT2D eigenvalue weighted by Gasteiger charge is -2.19. The summed E-state index contributed by atoms with van der Waals surface area (Å²) in [7, 11) is 1.28. The van der Waals surface area contributed by atoms with E-state index in [9.17, 15) is 19.2 Å². The first kappa shape index (κ1) is 26.8. The van der Waals surface area contributed by atoms with Crippen molar-refractivity contribution in [2.24, 2.45) is 0 Å². The van der Waals surface area contributed by atoms with Crippen LogP contribution >= 0.6 is 15.9 Å². The summed E-state index contributed by atoms with van der Waals surface area (Å²) in [6.07, 6.45) is 0.310. The fraction of sp³-hybridized carbons (Fsp3) is 0.172. The molecule has 9 heteroatoms. The molecule has 3 aromatic carbocycles. The van der Waals surface area contributed by atoms with Gasteiger partial charge in [-0.25, -0.2) is 4.79 Å². The number of carbonyl (C=O) groups is 3. The lowest BCUT2D eigenvalue weighted by atomic mass is 9.96. The highest BCUT2D eigenvalue weighted by atomic mass is 79.9. The minimum absolute atomic E-state index is 0.0236. The van der Waals surface area contributed by atoms with Gasteiger partial charge < -0.3 is 15.2 Å². The zero-order valence-corrected chi connectivity index (χ0v) is 22.2. The molecule has 1 heterocycles. The highest BCUT2D eigenvalue weighted by molar-refractivity contribution is 9.10. The van der Waals surface area contributed by atoms with E-state index in [1.807, 2.05) is 36.4 Å². The number of carboxylic acid groups (broad SMARTS) is 1. The normalized spacial score (nSPS) is 10.8. The van der Waals surface area contributed by atoms with Crippen molar-refractivity contribution in [2.45, 2.75) is 19.4 Å². The molecule has 4 rings (SSSR count). The van der Waals surface area contributed by atoms with Crippen LogP contribution in [-0.2, 0) is 16.1 Å². The molecule has 0 spiro atoms. The maximum Gasteiger partial charge on any atom is 0.355 e. The van der Waals surface area contributed by atoms with Gasteiger partial charge in [-0.05, 0) is 53.3 Å². The molecule has 2 N–H and O–H groups in total. The number of fused-ring (bicyclic) bond motifs is 1. The second kappa shape index (κ2) is 11.9. The van der Waals surface area contributed by atoms with Crippen molar-refractivity contribution < 1.29 is 24.2 Å². The van der Waals surface area contributed by atoms with Crippen LogP contribution in [0.2, 0.25) is 0 Å². The molecule has 0 bridgehead atoms. The first-order chi connectivity index (χ1) is 18.3. The van der Waals surface area contributed by atoms with Gasteiger partial charge in [0.15, 0.2) is 0 Å². The molecular weight excluding hydrogens is 552 g/mol. The quantitative estimate of drug-likeness (QED) is 0.217. The molecule has 0 aliphatic carbocycles. The van der Waals surface area contributed by atoms with E-state index in [1.165, 1.54) is 11.7 Å². The van der Waals surface area contributed by atoms with Gasteiger partial charge in [-0.3, -0.25) is 19.0 Å². The van der Waals surface area contributed by atoms with Gasteiger partial charge in [0, 0.05) is 34.0 Å². The number of hydrogen-bond donors (Lipinski definition) is 2. The third-order valence-electron chi connectivity index (χ3n) is 6.08. The Kier molecular flexibility index (Phi) is 8.38.